The number of halogens is 2. The van der Waals surface area contributed by atoms with Crippen LogP contribution in [0.25, 0.3) is 0 Å². The molecule has 5 heteroatoms. The Bertz CT molecular complexity index is 467. The van der Waals surface area contributed by atoms with Crippen LogP contribution in [0.2, 0.25) is 0 Å². The van der Waals surface area contributed by atoms with E-state index in [0.717, 1.165) is 11.3 Å². The van der Waals surface area contributed by atoms with Crippen molar-refractivity contribution in [3.8, 4) is 5.75 Å². The Labute approximate surface area is 129 Å². The minimum atomic E-state index is -2.78. The van der Waals surface area contributed by atoms with E-state index in [0.29, 0.717) is 6.04 Å². The largest absolute Gasteiger partial charge is 0.435 e. The number of hydrogen-bond acceptors (Lipinski definition) is 3. The molecule has 0 aliphatic carbocycles. The van der Waals surface area contributed by atoms with Crippen molar-refractivity contribution in [1.29, 1.82) is 0 Å². The molecule has 1 heterocycles. The van der Waals surface area contributed by atoms with Crippen molar-refractivity contribution in [2.45, 2.75) is 45.9 Å². The van der Waals surface area contributed by atoms with Gasteiger partial charge in [0.1, 0.15) is 5.75 Å². The molecule has 2 unspecified atom stereocenters. The van der Waals surface area contributed by atoms with Gasteiger partial charge in [-0.2, -0.15) is 20.5 Å². The molecular formula is C16H23F2NOS. The van der Waals surface area contributed by atoms with Crippen LogP contribution in [0.1, 0.15) is 38.8 Å². The molecule has 21 heavy (non-hydrogen) atoms. The van der Waals surface area contributed by atoms with Crippen LogP contribution in [0, 0.1) is 5.41 Å². The molecule has 0 saturated carbocycles. The zero-order chi connectivity index (χ0) is 15.5. The Morgan fingerprint density at radius 3 is 2.81 bits per heavy atom. The molecule has 2 nitrogen and oxygen atoms in total. The summed E-state index contributed by atoms with van der Waals surface area (Å²) in [5.41, 5.74) is 1.23. The molecule has 0 amide bonds. The lowest BCUT2D eigenvalue weighted by molar-refractivity contribution is -0.0499. The van der Waals surface area contributed by atoms with E-state index in [9.17, 15) is 8.78 Å². The molecule has 1 aliphatic heterocycles. The molecule has 1 aromatic rings. The quantitative estimate of drug-likeness (QED) is 0.866. The number of alkyl halides is 2. The first-order valence-corrected chi connectivity index (χ1v) is 8.42. The third-order valence-electron chi connectivity index (χ3n) is 4.15. The number of ether oxygens (including phenoxy) is 1. The maximum absolute atomic E-state index is 12.3. The Hall–Kier alpha value is -0.810. The normalized spacial score (nSPS) is 23.0. The summed E-state index contributed by atoms with van der Waals surface area (Å²) in [6.07, 6.45) is 1.19. The highest BCUT2D eigenvalue weighted by atomic mass is 32.2. The molecule has 1 fully saturated rings. The lowest BCUT2D eigenvalue weighted by atomic mass is 9.81. The minimum Gasteiger partial charge on any atom is -0.435 e. The monoisotopic (exact) mass is 315 g/mol. The van der Waals surface area contributed by atoms with Gasteiger partial charge in [0.15, 0.2) is 0 Å². The third kappa shape index (κ3) is 4.58. The second kappa shape index (κ2) is 6.97. The van der Waals surface area contributed by atoms with Crippen LogP contribution in [-0.4, -0.2) is 24.2 Å². The van der Waals surface area contributed by atoms with Crippen LogP contribution in [-0.2, 0) is 0 Å². The third-order valence-corrected chi connectivity index (χ3v) is 5.21. The fraction of sp³-hybridized carbons (Fsp3) is 0.625. The number of rotatable bonds is 5. The highest BCUT2D eigenvalue weighted by Crippen LogP contribution is 2.35. The van der Waals surface area contributed by atoms with E-state index in [1.54, 1.807) is 18.2 Å². The lowest BCUT2D eigenvalue weighted by Gasteiger charge is -2.40. The van der Waals surface area contributed by atoms with Crippen molar-refractivity contribution in [2.24, 2.45) is 5.41 Å². The van der Waals surface area contributed by atoms with Crippen molar-refractivity contribution in [2.75, 3.05) is 11.5 Å². The Morgan fingerprint density at radius 1 is 1.38 bits per heavy atom. The van der Waals surface area contributed by atoms with Gasteiger partial charge in [-0.25, -0.2) is 0 Å². The molecule has 1 saturated heterocycles. The van der Waals surface area contributed by atoms with Gasteiger partial charge in [-0.3, -0.25) is 0 Å². The first-order valence-electron chi connectivity index (χ1n) is 7.27. The molecule has 2 rings (SSSR count). The van der Waals surface area contributed by atoms with Crippen LogP contribution in [0.5, 0.6) is 5.75 Å². The predicted octanol–water partition coefficient (Wildman–Crippen LogP) is 4.47. The highest BCUT2D eigenvalue weighted by Gasteiger charge is 2.33. The standard InChI is InChI=1S/C16H23F2NOS/c1-11(19-14-10-21-8-7-16(14,2)3)12-5-4-6-13(9-12)20-15(17)18/h4-6,9,11,14-15,19H,7-8,10H2,1-3H3. The van der Waals surface area contributed by atoms with E-state index in [1.165, 1.54) is 12.2 Å². The first kappa shape index (κ1) is 16.6. The fourth-order valence-corrected chi connectivity index (χ4v) is 4.19. The minimum absolute atomic E-state index is 0.106. The van der Waals surface area contributed by atoms with Crippen molar-refractivity contribution >= 4 is 11.8 Å². The van der Waals surface area contributed by atoms with Crippen LogP contribution < -0.4 is 10.1 Å². The number of thioether (sulfide) groups is 1. The van der Waals surface area contributed by atoms with Crippen molar-refractivity contribution < 1.29 is 13.5 Å². The molecule has 0 radical (unpaired) electrons. The summed E-state index contributed by atoms with van der Waals surface area (Å²) < 4.78 is 29.0. The van der Waals surface area contributed by atoms with Crippen molar-refractivity contribution in [1.82, 2.24) is 5.32 Å². The van der Waals surface area contributed by atoms with Crippen molar-refractivity contribution in [3.05, 3.63) is 29.8 Å². The predicted molar refractivity (Wildman–Crippen MR) is 84.1 cm³/mol. The molecule has 0 bridgehead atoms. The molecule has 0 spiro atoms. The Balaban J connectivity index is 2.04. The van der Waals surface area contributed by atoms with E-state index >= 15 is 0 Å². The summed E-state index contributed by atoms with van der Waals surface area (Å²) in [5.74, 6) is 2.51. The molecular weight excluding hydrogens is 292 g/mol. The molecule has 1 aromatic carbocycles. The molecule has 1 aliphatic rings. The lowest BCUT2D eigenvalue weighted by Crippen LogP contribution is -2.47. The van der Waals surface area contributed by atoms with Gasteiger partial charge in [-0.05, 0) is 42.2 Å². The molecule has 118 valence electrons. The van der Waals surface area contributed by atoms with Gasteiger partial charge >= 0.3 is 6.61 Å². The smallest absolute Gasteiger partial charge is 0.387 e. The number of hydrogen-bond donors (Lipinski definition) is 1. The summed E-state index contributed by atoms with van der Waals surface area (Å²) in [7, 11) is 0. The van der Waals surface area contributed by atoms with Gasteiger partial charge in [0.05, 0.1) is 0 Å². The summed E-state index contributed by atoms with van der Waals surface area (Å²) in [5, 5.41) is 3.64. The molecule has 1 N–H and O–H groups in total. The average Bonchev–Trinajstić information content (AvgIpc) is 2.40. The van der Waals surface area contributed by atoms with Gasteiger partial charge in [-0.1, -0.05) is 26.0 Å². The zero-order valence-corrected chi connectivity index (χ0v) is 13.6. The fourth-order valence-electron chi connectivity index (χ4n) is 2.57. The van der Waals surface area contributed by atoms with E-state index in [1.807, 2.05) is 17.8 Å². The van der Waals surface area contributed by atoms with Crippen LogP contribution in [0.3, 0.4) is 0 Å². The maximum atomic E-state index is 12.3. The van der Waals surface area contributed by atoms with Gasteiger partial charge < -0.3 is 10.1 Å². The number of benzene rings is 1. The van der Waals surface area contributed by atoms with E-state index in [-0.39, 0.29) is 17.2 Å². The Kier molecular flexibility index (Phi) is 5.49. The Morgan fingerprint density at radius 2 is 2.14 bits per heavy atom. The maximum Gasteiger partial charge on any atom is 0.387 e. The van der Waals surface area contributed by atoms with Crippen LogP contribution in [0.4, 0.5) is 8.78 Å². The van der Waals surface area contributed by atoms with E-state index in [2.05, 4.69) is 30.8 Å². The zero-order valence-electron chi connectivity index (χ0n) is 12.7. The summed E-state index contributed by atoms with van der Waals surface area (Å²) in [6.45, 7) is 3.86. The van der Waals surface area contributed by atoms with Gasteiger partial charge in [-0.15, -0.1) is 0 Å². The topological polar surface area (TPSA) is 21.3 Å². The average molecular weight is 315 g/mol. The summed E-state index contributed by atoms with van der Waals surface area (Å²) in [4.78, 5) is 0. The van der Waals surface area contributed by atoms with Crippen molar-refractivity contribution in [3.63, 3.8) is 0 Å². The van der Waals surface area contributed by atoms with Gasteiger partial charge in [0.25, 0.3) is 0 Å². The van der Waals surface area contributed by atoms with Gasteiger partial charge in [0.2, 0.25) is 0 Å². The SMILES string of the molecule is CC(NC1CSCCC1(C)C)c1cccc(OC(F)F)c1. The summed E-state index contributed by atoms with van der Waals surface area (Å²) >= 11 is 1.97. The van der Waals surface area contributed by atoms with Gasteiger partial charge in [0, 0.05) is 17.8 Å². The van der Waals surface area contributed by atoms with E-state index in [4.69, 9.17) is 0 Å². The first-order chi connectivity index (χ1) is 9.88. The molecule has 0 aromatic heterocycles. The highest BCUT2D eigenvalue weighted by molar-refractivity contribution is 7.99. The number of nitrogens with one attached hydrogen (secondary N) is 1. The second-order valence-corrected chi connectivity index (χ2v) is 7.36. The van der Waals surface area contributed by atoms with Crippen LogP contribution >= 0.6 is 11.8 Å². The van der Waals surface area contributed by atoms with Crippen LogP contribution in [0.15, 0.2) is 24.3 Å². The summed E-state index contributed by atoms with van der Waals surface area (Å²) in [6, 6.07) is 7.47. The van der Waals surface area contributed by atoms with E-state index < -0.39 is 6.61 Å². The molecule has 2 atom stereocenters. The second-order valence-electron chi connectivity index (χ2n) is 6.21.